The van der Waals surface area contributed by atoms with E-state index in [-0.39, 0.29) is 17.0 Å². The lowest BCUT2D eigenvalue weighted by molar-refractivity contribution is 0.718. The second-order valence-electron chi connectivity index (χ2n) is 3.41. The molecule has 0 radical (unpaired) electrons. The highest BCUT2D eigenvalue weighted by Crippen LogP contribution is 2.02. The van der Waals surface area contributed by atoms with E-state index in [4.69, 9.17) is 0 Å². The average Bonchev–Trinajstić information content (AvgIpc) is 2.72. The van der Waals surface area contributed by atoms with Crippen LogP contribution in [0.4, 0.5) is 0 Å². The molecule has 4 nitrogen and oxygen atoms in total. The number of nitrogens with zero attached hydrogens (tertiary/aromatic N) is 4. The first-order valence-corrected chi connectivity index (χ1v) is 4.70. The summed E-state index contributed by atoms with van der Waals surface area (Å²) in [6, 6.07) is 0. The van der Waals surface area contributed by atoms with Crippen molar-refractivity contribution in [2.24, 2.45) is 14.1 Å². The van der Waals surface area contributed by atoms with Gasteiger partial charge in [-0.15, -0.1) is 17.0 Å². The van der Waals surface area contributed by atoms with Crippen molar-refractivity contribution in [3.05, 3.63) is 36.4 Å². The van der Waals surface area contributed by atoms with Crippen LogP contribution in [0, 0.1) is 0 Å². The van der Waals surface area contributed by atoms with Gasteiger partial charge in [0.05, 0.1) is 0 Å². The number of halogens is 1. The van der Waals surface area contributed by atoms with Crippen molar-refractivity contribution < 1.29 is 0 Å². The van der Waals surface area contributed by atoms with Gasteiger partial charge in [0.1, 0.15) is 11.6 Å². The molecule has 15 heavy (non-hydrogen) atoms. The maximum atomic E-state index is 4.27. The van der Waals surface area contributed by atoms with Gasteiger partial charge in [-0.2, -0.15) is 0 Å². The molecule has 0 aromatic carbocycles. The Morgan fingerprint density at radius 1 is 0.933 bits per heavy atom. The summed E-state index contributed by atoms with van der Waals surface area (Å²) in [7, 11) is 4.03. The Balaban J connectivity index is 0.00000112. The van der Waals surface area contributed by atoms with Crippen molar-refractivity contribution in [2.45, 2.75) is 12.8 Å². The van der Waals surface area contributed by atoms with Crippen LogP contribution in [-0.4, -0.2) is 19.1 Å². The van der Waals surface area contributed by atoms with Crippen molar-refractivity contribution >= 4 is 17.0 Å². The van der Waals surface area contributed by atoms with Crippen molar-refractivity contribution in [3.63, 3.8) is 0 Å². The van der Waals surface area contributed by atoms with Gasteiger partial charge in [-0.3, -0.25) is 0 Å². The Hall–Kier alpha value is -1.10. The van der Waals surface area contributed by atoms with Gasteiger partial charge < -0.3 is 9.13 Å². The second-order valence-corrected chi connectivity index (χ2v) is 3.41. The molecule has 0 aliphatic rings. The van der Waals surface area contributed by atoms with Crippen LogP contribution in [0.2, 0.25) is 0 Å². The topological polar surface area (TPSA) is 35.6 Å². The molecule has 2 heterocycles. The second kappa shape index (κ2) is 5.11. The van der Waals surface area contributed by atoms with Gasteiger partial charge in [-0.1, -0.05) is 0 Å². The summed E-state index contributed by atoms with van der Waals surface area (Å²) in [5.74, 6) is 2.21. The zero-order valence-corrected chi connectivity index (χ0v) is 10.6. The average molecular weight is 271 g/mol. The Bertz CT molecular complexity index is 378. The predicted octanol–water partition coefficient (Wildman–Crippen LogP) is 1.52. The van der Waals surface area contributed by atoms with Gasteiger partial charge in [-0.25, -0.2) is 9.97 Å². The lowest BCUT2D eigenvalue weighted by Crippen LogP contribution is -2.03. The lowest BCUT2D eigenvalue weighted by Gasteiger charge is -2.02. The summed E-state index contributed by atoms with van der Waals surface area (Å²) in [6.07, 6.45) is 9.46. The van der Waals surface area contributed by atoms with E-state index in [9.17, 15) is 0 Å². The van der Waals surface area contributed by atoms with Gasteiger partial charge >= 0.3 is 0 Å². The highest BCUT2D eigenvalue weighted by Gasteiger charge is 2.02. The monoisotopic (exact) mass is 270 g/mol. The Labute approximate surface area is 99.7 Å². The minimum absolute atomic E-state index is 0. The van der Waals surface area contributed by atoms with Crippen LogP contribution in [-0.2, 0) is 26.9 Å². The van der Waals surface area contributed by atoms with Gasteiger partial charge in [0.2, 0.25) is 0 Å². The fourth-order valence-electron chi connectivity index (χ4n) is 1.50. The molecule has 5 heteroatoms. The van der Waals surface area contributed by atoms with Crippen molar-refractivity contribution in [1.82, 2.24) is 19.1 Å². The van der Waals surface area contributed by atoms with E-state index in [1.807, 2.05) is 48.0 Å². The van der Waals surface area contributed by atoms with E-state index in [1.54, 1.807) is 0 Å². The summed E-state index contributed by atoms with van der Waals surface area (Å²) >= 11 is 0. The molecule has 2 aromatic heterocycles. The molecule has 0 unspecified atom stereocenters. The van der Waals surface area contributed by atoms with E-state index in [2.05, 4.69) is 9.97 Å². The van der Waals surface area contributed by atoms with Crippen LogP contribution in [0.15, 0.2) is 24.8 Å². The number of imidazole rings is 2. The summed E-state index contributed by atoms with van der Waals surface area (Å²) in [4.78, 5) is 8.54. The van der Waals surface area contributed by atoms with Crippen LogP contribution in [0.5, 0.6) is 0 Å². The molecule has 0 fully saturated rings. The third kappa shape index (κ3) is 2.68. The standard InChI is InChI=1S/C10H14N4.BrH/c1-13-7-5-11-9(13)3-4-10-12-6-8-14(10)2;/h5-8H,3-4H2,1-2H3;1H. The zero-order chi connectivity index (χ0) is 9.97. The highest BCUT2D eigenvalue weighted by molar-refractivity contribution is 8.93. The smallest absolute Gasteiger partial charge is 0.108 e. The molecule has 0 amide bonds. The zero-order valence-electron chi connectivity index (χ0n) is 8.92. The van der Waals surface area contributed by atoms with Crippen LogP contribution < -0.4 is 0 Å². The van der Waals surface area contributed by atoms with Crippen molar-refractivity contribution in [3.8, 4) is 0 Å². The van der Waals surface area contributed by atoms with Gasteiger partial charge in [0.25, 0.3) is 0 Å². The highest BCUT2D eigenvalue weighted by atomic mass is 79.9. The van der Waals surface area contributed by atoms with E-state index >= 15 is 0 Å². The van der Waals surface area contributed by atoms with Gasteiger partial charge in [0.15, 0.2) is 0 Å². The minimum atomic E-state index is 0. The minimum Gasteiger partial charge on any atom is -0.338 e. The summed E-state index contributed by atoms with van der Waals surface area (Å²) < 4.78 is 4.09. The molecule has 0 bridgehead atoms. The fourth-order valence-corrected chi connectivity index (χ4v) is 1.50. The molecule has 0 saturated carbocycles. The first-order valence-electron chi connectivity index (χ1n) is 4.70. The summed E-state index contributed by atoms with van der Waals surface area (Å²) in [5.41, 5.74) is 0. The molecule has 2 rings (SSSR count). The normalized spacial score (nSPS) is 10.0. The molecular formula is C10H15BrN4. The molecule has 0 aliphatic carbocycles. The molecule has 0 aliphatic heterocycles. The Morgan fingerprint density at radius 3 is 1.60 bits per heavy atom. The molecule has 0 N–H and O–H groups in total. The maximum absolute atomic E-state index is 4.27. The largest absolute Gasteiger partial charge is 0.338 e. The van der Waals surface area contributed by atoms with E-state index in [1.165, 1.54) is 0 Å². The van der Waals surface area contributed by atoms with Crippen LogP contribution in [0.3, 0.4) is 0 Å². The predicted molar refractivity (Wildman–Crippen MR) is 64.1 cm³/mol. The number of rotatable bonds is 3. The van der Waals surface area contributed by atoms with Crippen LogP contribution in [0.25, 0.3) is 0 Å². The quantitative estimate of drug-likeness (QED) is 0.848. The van der Waals surface area contributed by atoms with Gasteiger partial charge in [-0.05, 0) is 0 Å². The van der Waals surface area contributed by atoms with E-state index < -0.39 is 0 Å². The van der Waals surface area contributed by atoms with E-state index in [0.717, 1.165) is 24.5 Å². The Kier molecular flexibility index (Phi) is 4.08. The van der Waals surface area contributed by atoms with E-state index in [0.29, 0.717) is 0 Å². The van der Waals surface area contributed by atoms with Crippen LogP contribution >= 0.6 is 17.0 Å². The third-order valence-corrected chi connectivity index (χ3v) is 2.41. The maximum Gasteiger partial charge on any atom is 0.108 e. The third-order valence-electron chi connectivity index (χ3n) is 2.41. The van der Waals surface area contributed by atoms with Gasteiger partial charge in [0, 0.05) is 51.7 Å². The molecule has 0 spiro atoms. The molecule has 0 atom stereocenters. The van der Waals surface area contributed by atoms with Crippen LogP contribution in [0.1, 0.15) is 11.6 Å². The molecular weight excluding hydrogens is 256 g/mol. The Morgan fingerprint density at radius 2 is 1.33 bits per heavy atom. The van der Waals surface area contributed by atoms with Crippen molar-refractivity contribution in [1.29, 1.82) is 0 Å². The number of hydrogen-bond acceptors (Lipinski definition) is 2. The molecule has 2 aromatic rings. The molecule has 82 valence electrons. The summed E-state index contributed by atoms with van der Waals surface area (Å²) in [5, 5.41) is 0. The number of hydrogen-bond donors (Lipinski definition) is 0. The summed E-state index contributed by atoms with van der Waals surface area (Å²) in [6.45, 7) is 0. The number of aromatic nitrogens is 4. The lowest BCUT2D eigenvalue weighted by atomic mass is 10.3. The van der Waals surface area contributed by atoms with Crippen molar-refractivity contribution in [2.75, 3.05) is 0 Å². The number of aryl methyl sites for hydroxylation is 4. The first kappa shape index (κ1) is 12.0. The fraction of sp³-hybridized carbons (Fsp3) is 0.400. The SMILES string of the molecule is Br.Cn1ccnc1CCc1nccn1C. The molecule has 0 saturated heterocycles. The first-order chi connectivity index (χ1) is 6.77.